The second-order valence-electron chi connectivity index (χ2n) is 6.27. The number of carboxylic acids is 1. The number of carbonyl (C=O) groups is 2. The number of carbonyl (C=O) groups excluding carboxylic acids is 1. The number of amides is 1. The monoisotopic (exact) mass is 394 g/mol. The van der Waals surface area contributed by atoms with Crippen molar-refractivity contribution < 1.29 is 19.1 Å². The number of hydrogen-bond donors (Lipinski definition) is 3. The lowest BCUT2D eigenvalue weighted by Crippen LogP contribution is -2.34. The molecule has 7 heteroatoms. The van der Waals surface area contributed by atoms with Crippen LogP contribution in [0.2, 0.25) is 0 Å². The highest BCUT2D eigenvalue weighted by Gasteiger charge is 2.13. The summed E-state index contributed by atoms with van der Waals surface area (Å²) < 4.78 is 5.34. The molecule has 0 fully saturated rings. The minimum atomic E-state index is -1.11. The Morgan fingerprint density at radius 2 is 1.71 bits per heavy atom. The molecule has 1 heterocycles. The minimum absolute atomic E-state index is 0.114. The Kier molecular flexibility index (Phi) is 5.56. The number of nitrogens with one attached hydrogen (secondary N) is 2. The molecule has 0 radical (unpaired) electrons. The smallest absolute Gasteiger partial charge is 0.371 e. The molecule has 0 aliphatic carbocycles. The zero-order valence-electron chi connectivity index (χ0n) is 15.3. The highest BCUT2D eigenvalue weighted by atomic mass is 32.1. The average molecular weight is 394 g/mol. The lowest BCUT2D eigenvalue weighted by molar-refractivity contribution is 0.0663. The van der Waals surface area contributed by atoms with E-state index in [1.165, 1.54) is 6.07 Å². The van der Waals surface area contributed by atoms with Crippen LogP contribution in [0.1, 0.15) is 32.0 Å². The molecule has 0 saturated carbocycles. The van der Waals surface area contributed by atoms with E-state index in [0.717, 1.165) is 16.7 Å². The number of aromatic carboxylic acids is 1. The second kappa shape index (κ2) is 8.06. The van der Waals surface area contributed by atoms with Crippen molar-refractivity contribution in [2.24, 2.45) is 0 Å². The molecule has 0 aliphatic heterocycles. The lowest BCUT2D eigenvalue weighted by atomic mass is 10.1. The van der Waals surface area contributed by atoms with Crippen LogP contribution in [-0.4, -0.2) is 22.1 Å². The third kappa shape index (κ3) is 4.44. The Morgan fingerprint density at radius 3 is 2.32 bits per heavy atom. The van der Waals surface area contributed by atoms with Gasteiger partial charge in [0, 0.05) is 16.8 Å². The van der Waals surface area contributed by atoms with Gasteiger partial charge in [-0.3, -0.25) is 10.1 Å². The number of aryl methyl sites for hydroxylation is 2. The summed E-state index contributed by atoms with van der Waals surface area (Å²) in [7, 11) is 0. The standard InChI is InChI=1S/C21H18N2O4S/c1-12-3-5-14(6-4-12)19(24)23-21(28)22-15-7-8-16(13(2)11-15)17-9-10-18(27-17)20(25)26/h3-11H,1-2H3,(H,25,26)(H2,22,23,24,28). The topological polar surface area (TPSA) is 91.6 Å². The van der Waals surface area contributed by atoms with E-state index in [-0.39, 0.29) is 16.8 Å². The number of hydrogen-bond acceptors (Lipinski definition) is 4. The molecule has 3 rings (SSSR count). The Morgan fingerprint density at radius 1 is 1.00 bits per heavy atom. The third-order valence-electron chi connectivity index (χ3n) is 4.11. The first-order chi connectivity index (χ1) is 13.3. The van der Waals surface area contributed by atoms with Gasteiger partial charge in [-0.15, -0.1) is 0 Å². The van der Waals surface area contributed by atoms with E-state index >= 15 is 0 Å². The van der Waals surface area contributed by atoms with Gasteiger partial charge in [0.05, 0.1) is 0 Å². The SMILES string of the molecule is Cc1ccc(C(=O)NC(=S)Nc2ccc(-c3ccc(C(=O)O)o3)c(C)c2)cc1. The summed E-state index contributed by atoms with van der Waals surface area (Å²) in [5, 5.41) is 14.8. The highest BCUT2D eigenvalue weighted by molar-refractivity contribution is 7.80. The molecule has 0 unspecified atom stereocenters. The van der Waals surface area contributed by atoms with Crippen molar-refractivity contribution in [2.45, 2.75) is 13.8 Å². The molecule has 0 aliphatic rings. The van der Waals surface area contributed by atoms with Crippen LogP contribution < -0.4 is 10.6 Å². The van der Waals surface area contributed by atoms with Crippen LogP contribution in [0.5, 0.6) is 0 Å². The molecular formula is C21H18N2O4S. The first kappa shape index (κ1) is 19.3. The third-order valence-corrected chi connectivity index (χ3v) is 4.31. The van der Waals surface area contributed by atoms with Crippen LogP contribution in [0.4, 0.5) is 5.69 Å². The van der Waals surface area contributed by atoms with Crippen LogP contribution in [-0.2, 0) is 0 Å². The molecule has 0 bridgehead atoms. The molecule has 142 valence electrons. The predicted octanol–water partition coefficient (Wildman–Crippen LogP) is 4.39. The molecule has 0 atom stereocenters. The minimum Gasteiger partial charge on any atom is -0.475 e. The van der Waals surface area contributed by atoms with E-state index in [9.17, 15) is 9.59 Å². The quantitative estimate of drug-likeness (QED) is 0.569. The van der Waals surface area contributed by atoms with Gasteiger partial charge < -0.3 is 14.8 Å². The van der Waals surface area contributed by atoms with E-state index in [0.29, 0.717) is 17.0 Å². The Balaban J connectivity index is 1.68. The molecule has 0 saturated heterocycles. The summed E-state index contributed by atoms with van der Waals surface area (Å²) >= 11 is 5.21. The molecule has 2 aromatic carbocycles. The fourth-order valence-corrected chi connectivity index (χ4v) is 2.87. The summed E-state index contributed by atoms with van der Waals surface area (Å²) in [4.78, 5) is 23.2. The summed E-state index contributed by atoms with van der Waals surface area (Å²) in [5.41, 5.74) is 3.92. The predicted molar refractivity (Wildman–Crippen MR) is 111 cm³/mol. The molecule has 28 heavy (non-hydrogen) atoms. The highest BCUT2D eigenvalue weighted by Crippen LogP contribution is 2.27. The Labute approximate surface area is 167 Å². The molecular weight excluding hydrogens is 376 g/mol. The van der Waals surface area contributed by atoms with Crippen molar-refractivity contribution in [3.63, 3.8) is 0 Å². The Hall–Kier alpha value is -3.45. The molecule has 3 aromatic rings. The molecule has 3 N–H and O–H groups in total. The van der Waals surface area contributed by atoms with E-state index in [1.54, 1.807) is 30.3 Å². The summed E-state index contributed by atoms with van der Waals surface area (Å²) in [6.45, 7) is 3.82. The van der Waals surface area contributed by atoms with Gasteiger partial charge in [-0.05, 0) is 74.1 Å². The molecule has 1 aromatic heterocycles. The van der Waals surface area contributed by atoms with Crippen LogP contribution in [0.3, 0.4) is 0 Å². The number of thiocarbonyl (C=S) groups is 1. The first-order valence-corrected chi connectivity index (χ1v) is 8.87. The fourth-order valence-electron chi connectivity index (χ4n) is 2.66. The van der Waals surface area contributed by atoms with E-state index < -0.39 is 5.97 Å². The van der Waals surface area contributed by atoms with Gasteiger partial charge in [0.2, 0.25) is 5.76 Å². The van der Waals surface area contributed by atoms with Gasteiger partial charge in [-0.2, -0.15) is 0 Å². The first-order valence-electron chi connectivity index (χ1n) is 8.46. The van der Waals surface area contributed by atoms with E-state index in [2.05, 4.69) is 10.6 Å². The van der Waals surface area contributed by atoms with Crippen molar-refractivity contribution in [3.8, 4) is 11.3 Å². The van der Waals surface area contributed by atoms with Crippen LogP contribution in [0.25, 0.3) is 11.3 Å². The number of benzene rings is 2. The van der Waals surface area contributed by atoms with Crippen molar-refractivity contribution in [2.75, 3.05) is 5.32 Å². The van der Waals surface area contributed by atoms with Crippen molar-refractivity contribution >= 4 is 34.9 Å². The van der Waals surface area contributed by atoms with Crippen molar-refractivity contribution in [1.29, 1.82) is 0 Å². The zero-order valence-corrected chi connectivity index (χ0v) is 16.1. The fraction of sp³-hybridized carbons (Fsp3) is 0.0952. The maximum absolute atomic E-state index is 12.2. The summed E-state index contributed by atoms with van der Waals surface area (Å²) in [6.07, 6.45) is 0. The largest absolute Gasteiger partial charge is 0.475 e. The molecule has 1 amide bonds. The number of anilines is 1. The van der Waals surface area contributed by atoms with Gasteiger partial charge in [0.15, 0.2) is 5.11 Å². The van der Waals surface area contributed by atoms with E-state index in [1.807, 2.05) is 32.0 Å². The maximum atomic E-state index is 12.2. The Bertz CT molecular complexity index is 1050. The number of carboxylic acid groups (broad SMARTS) is 1. The van der Waals surface area contributed by atoms with Crippen LogP contribution in [0, 0.1) is 13.8 Å². The second-order valence-corrected chi connectivity index (χ2v) is 6.68. The lowest BCUT2D eigenvalue weighted by Gasteiger charge is -2.11. The van der Waals surface area contributed by atoms with Crippen molar-refractivity contribution in [3.05, 3.63) is 77.0 Å². The van der Waals surface area contributed by atoms with Crippen LogP contribution >= 0.6 is 12.2 Å². The summed E-state index contributed by atoms with van der Waals surface area (Å²) in [6, 6.07) is 15.6. The van der Waals surface area contributed by atoms with E-state index in [4.69, 9.17) is 21.7 Å². The summed E-state index contributed by atoms with van der Waals surface area (Å²) in [5.74, 6) is -1.05. The van der Waals surface area contributed by atoms with Gasteiger partial charge in [0.25, 0.3) is 5.91 Å². The van der Waals surface area contributed by atoms with Gasteiger partial charge in [0.1, 0.15) is 5.76 Å². The average Bonchev–Trinajstić information content (AvgIpc) is 3.12. The number of rotatable bonds is 4. The maximum Gasteiger partial charge on any atom is 0.371 e. The van der Waals surface area contributed by atoms with Gasteiger partial charge in [-0.1, -0.05) is 17.7 Å². The normalized spacial score (nSPS) is 10.4. The number of furan rings is 1. The van der Waals surface area contributed by atoms with Crippen molar-refractivity contribution in [1.82, 2.24) is 5.32 Å². The molecule has 6 nitrogen and oxygen atoms in total. The molecule has 0 spiro atoms. The van der Waals surface area contributed by atoms with Gasteiger partial charge in [-0.25, -0.2) is 4.79 Å². The van der Waals surface area contributed by atoms with Gasteiger partial charge >= 0.3 is 5.97 Å². The van der Waals surface area contributed by atoms with Crippen LogP contribution in [0.15, 0.2) is 59.0 Å². The zero-order chi connectivity index (χ0) is 20.3.